The second kappa shape index (κ2) is 25.4. The molecule has 0 aliphatic carbocycles. The zero-order valence-corrected chi connectivity index (χ0v) is 35.9. The van der Waals surface area contributed by atoms with Crippen LogP contribution in [0, 0.1) is 0 Å². The fourth-order valence-corrected chi connectivity index (χ4v) is 7.45. The molecule has 0 aliphatic rings. The summed E-state index contributed by atoms with van der Waals surface area (Å²) >= 11 is 0. The van der Waals surface area contributed by atoms with E-state index >= 15 is 0 Å². The molecule has 10 nitrogen and oxygen atoms in total. The molecule has 4 aromatic rings. The molecule has 55 heavy (non-hydrogen) atoms. The Bertz CT molecular complexity index is 1780. The van der Waals surface area contributed by atoms with Crippen LogP contribution in [-0.2, 0) is 33.1 Å². The molecule has 0 amide bonds. The number of ether oxygens (including phenoxy) is 2. The van der Waals surface area contributed by atoms with Gasteiger partial charge in [-0.05, 0) is 67.6 Å². The molecule has 296 valence electrons. The van der Waals surface area contributed by atoms with Crippen LogP contribution in [0.3, 0.4) is 0 Å². The van der Waals surface area contributed by atoms with Gasteiger partial charge < -0.3 is 24.2 Å². The van der Waals surface area contributed by atoms with Crippen LogP contribution in [0.25, 0.3) is 0 Å². The summed E-state index contributed by atoms with van der Waals surface area (Å²) in [5.74, 6) is -0.710. The van der Waals surface area contributed by atoms with Gasteiger partial charge in [-0.15, -0.1) is 0 Å². The Balaban J connectivity index is 0.000000373. The summed E-state index contributed by atoms with van der Waals surface area (Å²) in [5.41, 5.74) is 0.843. The zero-order valence-electron chi connectivity index (χ0n) is 32.1. The summed E-state index contributed by atoms with van der Waals surface area (Å²) in [5, 5.41) is 23.0. The molecule has 0 aliphatic heterocycles. The van der Waals surface area contributed by atoms with Gasteiger partial charge in [-0.1, -0.05) is 151 Å². The fourth-order valence-electron chi connectivity index (χ4n) is 6.00. The van der Waals surface area contributed by atoms with Gasteiger partial charge in [0.1, 0.15) is 33.1 Å². The minimum atomic E-state index is -4.94. The van der Waals surface area contributed by atoms with Crippen LogP contribution in [0.2, 0.25) is 0 Å². The maximum Gasteiger partial charge on any atom is 2.00 e. The van der Waals surface area contributed by atoms with Crippen LogP contribution in [0.5, 0.6) is 34.5 Å². The topological polar surface area (TPSA) is 173 Å². The molecule has 2 N–H and O–H groups in total. The second-order valence-corrected chi connectivity index (χ2v) is 16.0. The molecule has 4 aromatic carbocycles. The van der Waals surface area contributed by atoms with Gasteiger partial charge in [-0.3, -0.25) is 4.55 Å². The summed E-state index contributed by atoms with van der Waals surface area (Å²) in [7, 11) is -9.57. The molecule has 13 heteroatoms. The Morgan fingerprint density at radius 2 is 0.927 bits per heavy atom. The predicted molar refractivity (Wildman–Crippen MR) is 214 cm³/mol. The van der Waals surface area contributed by atoms with E-state index in [1.807, 2.05) is 0 Å². The third-order valence-electron chi connectivity index (χ3n) is 8.89. The van der Waals surface area contributed by atoms with Gasteiger partial charge in [0.15, 0.2) is 10.6 Å². The van der Waals surface area contributed by atoms with E-state index in [0.29, 0.717) is 35.5 Å². The number of rotatable bonds is 22. The van der Waals surface area contributed by atoms with E-state index in [9.17, 15) is 36.2 Å². The first kappa shape index (κ1) is 48.3. The van der Waals surface area contributed by atoms with Crippen LogP contribution in [0.1, 0.15) is 115 Å². The van der Waals surface area contributed by atoms with Crippen molar-refractivity contribution in [3.8, 4) is 34.5 Å². The molecule has 0 saturated heterocycles. The van der Waals surface area contributed by atoms with E-state index in [2.05, 4.69) is 13.8 Å². The van der Waals surface area contributed by atoms with Crippen LogP contribution in [0.15, 0.2) is 94.7 Å². The minimum absolute atomic E-state index is 0. The maximum atomic E-state index is 12.6. The van der Waals surface area contributed by atoms with Gasteiger partial charge in [-0.25, -0.2) is 8.42 Å². The summed E-state index contributed by atoms with van der Waals surface area (Å²) < 4.78 is 79.2. The van der Waals surface area contributed by atoms with Gasteiger partial charge in [0, 0.05) is 0 Å². The van der Waals surface area contributed by atoms with E-state index in [0.717, 1.165) is 38.5 Å². The van der Waals surface area contributed by atoms with Crippen molar-refractivity contribution < 1.29 is 45.6 Å². The Kier molecular flexibility index (Phi) is 22.3. The molecule has 0 unspecified atom stereocenters. The third kappa shape index (κ3) is 17.0. The van der Waals surface area contributed by atoms with Gasteiger partial charge in [0.25, 0.3) is 0 Å². The summed E-state index contributed by atoms with van der Waals surface area (Å²) in [6, 6.07) is 23.2. The minimum Gasteiger partial charge on any atom is -0.871 e. The predicted octanol–water partition coefficient (Wildman–Crippen LogP) is 10.1. The molecule has 4 rings (SSSR count). The van der Waals surface area contributed by atoms with E-state index in [-0.39, 0.29) is 49.2 Å². The molecule has 0 atom stereocenters. The SMILES string of the molecule is CCCCCCCCCc1ccc(Oc2ccccc2)c(S(=O)(=O)O)c1O.CCCCCCCCCc1ccc(Oc2ccccc2)c(S(=O)(=O)[O-])c1[O-].[Ca+2]. The number of para-hydroxylation sites is 2. The number of phenols is 1. The summed E-state index contributed by atoms with van der Waals surface area (Å²) in [4.78, 5) is -1.38. The van der Waals surface area contributed by atoms with Crippen molar-refractivity contribution in [3.05, 3.63) is 96.1 Å². The number of hydrogen-bond acceptors (Lipinski definition) is 9. The number of benzene rings is 4. The molecule has 0 spiro atoms. The van der Waals surface area contributed by atoms with Crippen molar-refractivity contribution in [2.75, 3.05) is 0 Å². The number of phenolic OH excluding ortho intramolecular Hbond substituents is 1. The normalized spacial score (nSPS) is 11.3. The molecule has 0 radical (unpaired) electrons. The quantitative estimate of drug-likeness (QED) is 0.0441. The summed E-state index contributed by atoms with van der Waals surface area (Å²) in [6.45, 7) is 4.35. The molecular formula is C42H54CaO10S2. The molecule has 0 aromatic heterocycles. The number of unbranched alkanes of at least 4 members (excludes halogenated alkanes) is 12. The van der Waals surface area contributed by atoms with E-state index in [1.54, 1.807) is 72.8 Å². The van der Waals surface area contributed by atoms with Gasteiger partial charge >= 0.3 is 47.9 Å². The first-order valence-corrected chi connectivity index (χ1v) is 21.8. The molecular weight excluding hydrogens is 769 g/mol. The first-order valence-electron chi connectivity index (χ1n) is 18.9. The monoisotopic (exact) mass is 822 g/mol. The Hall–Kier alpha value is -2.84. The Morgan fingerprint density at radius 3 is 1.35 bits per heavy atom. The molecule has 0 heterocycles. The van der Waals surface area contributed by atoms with Crippen molar-refractivity contribution in [1.29, 1.82) is 0 Å². The largest absolute Gasteiger partial charge is 2.00 e. The molecule has 0 fully saturated rings. The van der Waals surface area contributed by atoms with Crippen molar-refractivity contribution in [2.45, 2.75) is 126 Å². The Labute approximate surface area is 357 Å². The summed E-state index contributed by atoms with van der Waals surface area (Å²) in [6.07, 6.45) is 16.6. The van der Waals surface area contributed by atoms with Gasteiger partial charge in [0.05, 0.1) is 4.90 Å². The van der Waals surface area contributed by atoms with Crippen molar-refractivity contribution >= 4 is 58.0 Å². The van der Waals surface area contributed by atoms with Crippen LogP contribution in [-0.4, -0.2) is 68.8 Å². The third-order valence-corrected chi connectivity index (χ3v) is 10.7. The smallest absolute Gasteiger partial charge is 0.871 e. The van der Waals surface area contributed by atoms with Crippen molar-refractivity contribution in [3.63, 3.8) is 0 Å². The van der Waals surface area contributed by atoms with Crippen LogP contribution in [0.4, 0.5) is 0 Å². The van der Waals surface area contributed by atoms with Crippen LogP contribution >= 0.6 is 0 Å². The van der Waals surface area contributed by atoms with E-state index in [4.69, 9.17) is 9.47 Å². The van der Waals surface area contributed by atoms with Gasteiger partial charge in [0.2, 0.25) is 0 Å². The molecule has 0 bridgehead atoms. The van der Waals surface area contributed by atoms with Crippen molar-refractivity contribution in [2.24, 2.45) is 0 Å². The van der Waals surface area contributed by atoms with E-state index in [1.165, 1.54) is 63.5 Å². The zero-order chi connectivity index (χ0) is 39.4. The second-order valence-electron chi connectivity index (χ2n) is 13.3. The maximum absolute atomic E-state index is 12.6. The average molecular weight is 823 g/mol. The van der Waals surface area contributed by atoms with Crippen LogP contribution < -0.4 is 14.6 Å². The Morgan fingerprint density at radius 1 is 0.545 bits per heavy atom. The fraction of sp³-hybridized carbons (Fsp3) is 0.429. The number of hydrogen-bond donors (Lipinski definition) is 2. The number of aromatic hydroxyl groups is 1. The number of aryl methyl sites for hydroxylation is 2. The van der Waals surface area contributed by atoms with Crippen molar-refractivity contribution in [1.82, 2.24) is 0 Å². The van der Waals surface area contributed by atoms with E-state index < -0.39 is 41.5 Å². The first-order chi connectivity index (χ1) is 25.9. The average Bonchev–Trinajstić information content (AvgIpc) is 3.12. The molecule has 0 saturated carbocycles. The van der Waals surface area contributed by atoms with Gasteiger partial charge in [-0.2, -0.15) is 8.42 Å². The standard InChI is InChI=1S/2C21H28O5S.Ca/c2*1-2-3-4-5-6-7-9-12-17-15-16-19(21(20(17)22)27(23,24)25)26-18-13-10-8-11-14-18;/h2*8,10-11,13-16,22H,2-7,9,12H2,1H3,(H,23,24,25);/q;;+2/p-2.